The second-order valence-electron chi connectivity index (χ2n) is 9.03. The van der Waals surface area contributed by atoms with Crippen LogP contribution < -0.4 is 0 Å². The highest BCUT2D eigenvalue weighted by molar-refractivity contribution is 5.91. The van der Waals surface area contributed by atoms with Crippen LogP contribution in [-0.4, -0.2) is 25.2 Å². The Morgan fingerprint density at radius 1 is 0.438 bits per heavy atom. The average molecular weight is 453 g/mol. The molecule has 0 aliphatic heterocycles. The van der Waals surface area contributed by atoms with E-state index in [4.69, 9.17) is 9.47 Å². The highest BCUT2D eigenvalue weighted by Gasteiger charge is 2.01. The van der Waals surface area contributed by atoms with Crippen molar-refractivity contribution in [2.75, 3.05) is 13.2 Å². The van der Waals surface area contributed by atoms with E-state index in [-0.39, 0.29) is 0 Å². The molecule has 0 saturated heterocycles. The highest BCUT2D eigenvalue weighted by Crippen LogP contribution is 2.12. The van der Waals surface area contributed by atoms with Crippen LogP contribution in [0.3, 0.4) is 0 Å². The van der Waals surface area contributed by atoms with E-state index in [9.17, 15) is 9.59 Å². The van der Waals surface area contributed by atoms with Gasteiger partial charge in [-0.15, -0.1) is 0 Å². The van der Waals surface area contributed by atoms with Gasteiger partial charge in [-0.05, 0) is 12.8 Å². The van der Waals surface area contributed by atoms with Crippen molar-refractivity contribution in [3.05, 3.63) is 12.2 Å². The predicted octanol–water partition coefficient (Wildman–Crippen LogP) is 8.47. The summed E-state index contributed by atoms with van der Waals surface area (Å²) in [5.41, 5.74) is 0. The summed E-state index contributed by atoms with van der Waals surface area (Å²) < 4.78 is 10.3. The van der Waals surface area contributed by atoms with Crippen LogP contribution in [0.2, 0.25) is 0 Å². The van der Waals surface area contributed by atoms with E-state index < -0.39 is 11.9 Å². The van der Waals surface area contributed by atoms with Crippen LogP contribution in [0.1, 0.15) is 142 Å². The maximum atomic E-state index is 11.7. The molecule has 0 rings (SSSR count). The molecule has 0 aromatic carbocycles. The average Bonchev–Trinajstić information content (AvgIpc) is 2.79. The number of carbonyl (C=O) groups is 2. The maximum absolute atomic E-state index is 11.7. The smallest absolute Gasteiger partial charge is 0.331 e. The van der Waals surface area contributed by atoms with Gasteiger partial charge in [-0.2, -0.15) is 0 Å². The van der Waals surface area contributed by atoms with Crippen molar-refractivity contribution in [2.24, 2.45) is 0 Å². The maximum Gasteiger partial charge on any atom is 0.331 e. The van der Waals surface area contributed by atoms with E-state index in [1.165, 1.54) is 115 Å². The van der Waals surface area contributed by atoms with Gasteiger partial charge in [0, 0.05) is 12.2 Å². The van der Waals surface area contributed by atoms with Gasteiger partial charge in [-0.25, -0.2) is 9.59 Å². The molecule has 0 heterocycles. The molecule has 0 saturated carbocycles. The zero-order chi connectivity index (χ0) is 23.5. The minimum absolute atomic E-state index is 0.422. The summed E-state index contributed by atoms with van der Waals surface area (Å²) in [5.74, 6) is -0.925. The minimum atomic E-state index is -0.464. The fourth-order valence-corrected chi connectivity index (χ4v) is 3.76. The largest absolute Gasteiger partial charge is 0.463 e. The Kier molecular flexibility index (Phi) is 24.9. The Balaban J connectivity index is 3.37. The molecular weight excluding hydrogens is 400 g/mol. The fraction of sp³-hybridized carbons (Fsp3) is 0.857. The molecule has 0 amide bonds. The first-order valence-electron chi connectivity index (χ1n) is 13.7. The molecule has 4 heteroatoms. The Labute approximate surface area is 198 Å². The van der Waals surface area contributed by atoms with Crippen LogP contribution >= 0.6 is 0 Å². The highest BCUT2D eigenvalue weighted by atomic mass is 16.5. The third-order valence-corrected chi connectivity index (χ3v) is 5.84. The SMILES string of the molecule is CCCCCCCCCCCCCCCOC(=O)/C=C/C(=O)OCCCCCCCCC. The van der Waals surface area contributed by atoms with Crippen LogP contribution in [0.4, 0.5) is 0 Å². The molecule has 0 aliphatic carbocycles. The zero-order valence-electron chi connectivity index (χ0n) is 21.3. The van der Waals surface area contributed by atoms with E-state index in [2.05, 4.69) is 13.8 Å². The van der Waals surface area contributed by atoms with Gasteiger partial charge in [0.2, 0.25) is 0 Å². The molecule has 0 spiro atoms. The third kappa shape index (κ3) is 24.9. The Morgan fingerprint density at radius 3 is 0.969 bits per heavy atom. The van der Waals surface area contributed by atoms with Crippen LogP contribution in [0.25, 0.3) is 0 Å². The first kappa shape index (κ1) is 30.7. The molecule has 32 heavy (non-hydrogen) atoms. The predicted molar refractivity (Wildman–Crippen MR) is 135 cm³/mol. The molecule has 0 fully saturated rings. The lowest BCUT2D eigenvalue weighted by atomic mass is 10.0. The van der Waals surface area contributed by atoms with Crippen molar-refractivity contribution < 1.29 is 19.1 Å². The van der Waals surface area contributed by atoms with E-state index in [1.54, 1.807) is 0 Å². The Hall–Kier alpha value is -1.32. The van der Waals surface area contributed by atoms with Crippen LogP contribution in [0.5, 0.6) is 0 Å². The standard InChI is InChI=1S/C28H52O4/c1-3-5-7-9-11-12-13-14-15-16-18-20-22-26-32-28(30)24-23-27(29)31-25-21-19-17-10-8-6-4-2/h23-24H,3-22,25-26H2,1-2H3/b24-23+. The summed E-state index contributed by atoms with van der Waals surface area (Å²) in [4.78, 5) is 23.3. The molecule has 0 aliphatic rings. The van der Waals surface area contributed by atoms with Crippen molar-refractivity contribution in [2.45, 2.75) is 142 Å². The van der Waals surface area contributed by atoms with Gasteiger partial charge in [0.1, 0.15) is 0 Å². The molecule has 0 N–H and O–H groups in total. The van der Waals surface area contributed by atoms with E-state index in [0.29, 0.717) is 13.2 Å². The van der Waals surface area contributed by atoms with Crippen molar-refractivity contribution >= 4 is 11.9 Å². The van der Waals surface area contributed by atoms with Gasteiger partial charge in [0.15, 0.2) is 0 Å². The first-order valence-corrected chi connectivity index (χ1v) is 13.7. The van der Waals surface area contributed by atoms with Crippen molar-refractivity contribution in [1.82, 2.24) is 0 Å². The number of rotatable bonds is 24. The molecule has 0 bridgehead atoms. The molecule has 0 aromatic heterocycles. The number of unbranched alkanes of at least 4 members (excludes halogenated alkanes) is 18. The van der Waals surface area contributed by atoms with E-state index >= 15 is 0 Å². The normalized spacial score (nSPS) is 11.2. The van der Waals surface area contributed by atoms with Crippen molar-refractivity contribution in [3.8, 4) is 0 Å². The second-order valence-corrected chi connectivity index (χ2v) is 9.03. The lowest BCUT2D eigenvalue weighted by molar-refractivity contribution is -0.140. The van der Waals surface area contributed by atoms with Gasteiger partial charge >= 0.3 is 11.9 Å². The van der Waals surface area contributed by atoms with Gasteiger partial charge < -0.3 is 9.47 Å². The van der Waals surface area contributed by atoms with Gasteiger partial charge in [0.05, 0.1) is 13.2 Å². The summed E-state index contributed by atoms with van der Waals surface area (Å²) in [6.45, 7) is 5.32. The van der Waals surface area contributed by atoms with E-state index in [1.807, 2.05) is 0 Å². The number of hydrogen-bond donors (Lipinski definition) is 0. The molecule has 0 radical (unpaired) electrons. The quantitative estimate of drug-likeness (QED) is 0.0837. The van der Waals surface area contributed by atoms with Crippen LogP contribution in [-0.2, 0) is 19.1 Å². The number of ether oxygens (including phenoxy) is 2. The molecule has 188 valence electrons. The van der Waals surface area contributed by atoms with Crippen molar-refractivity contribution in [3.63, 3.8) is 0 Å². The minimum Gasteiger partial charge on any atom is -0.463 e. The molecule has 4 nitrogen and oxygen atoms in total. The number of carbonyl (C=O) groups excluding carboxylic acids is 2. The monoisotopic (exact) mass is 452 g/mol. The summed E-state index contributed by atoms with van der Waals surface area (Å²) in [6, 6.07) is 0. The Bertz CT molecular complexity index is 445. The molecule has 0 aromatic rings. The van der Waals surface area contributed by atoms with Crippen LogP contribution in [0.15, 0.2) is 12.2 Å². The fourth-order valence-electron chi connectivity index (χ4n) is 3.76. The molecular formula is C28H52O4. The molecule has 0 unspecified atom stereocenters. The number of esters is 2. The first-order chi connectivity index (χ1) is 15.7. The van der Waals surface area contributed by atoms with Crippen LogP contribution in [0, 0.1) is 0 Å². The van der Waals surface area contributed by atoms with Gasteiger partial charge in [0.25, 0.3) is 0 Å². The lowest BCUT2D eigenvalue weighted by Crippen LogP contribution is -2.06. The van der Waals surface area contributed by atoms with Gasteiger partial charge in [-0.1, -0.05) is 129 Å². The van der Waals surface area contributed by atoms with Crippen molar-refractivity contribution in [1.29, 1.82) is 0 Å². The van der Waals surface area contributed by atoms with E-state index in [0.717, 1.165) is 25.7 Å². The topological polar surface area (TPSA) is 52.6 Å². The summed E-state index contributed by atoms with van der Waals surface area (Å²) >= 11 is 0. The summed E-state index contributed by atoms with van der Waals surface area (Å²) in [7, 11) is 0. The molecule has 0 atom stereocenters. The zero-order valence-corrected chi connectivity index (χ0v) is 21.3. The Morgan fingerprint density at radius 2 is 0.688 bits per heavy atom. The number of hydrogen-bond acceptors (Lipinski definition) is 4. The summed E-state index contributed by atoms with van der Waals surface area (Å²) in [6.07, 6.45) is 27.4. The second kappa shape index (κ2) is 25.9. The lowest BCUT2D eigenvalue weighted by Gasteiger charge is -2.04. The third-order valence-electron chi connectivity index (χ3n) is 5.84. The van der Waals surface area contributed by atoms with Gasteiger partial charge in [-0.3, -0.25) is 0 Å². The summed E-state index contributed by atoms with van der Waals surface area (Å²) in [5, 5.41) is 0.